The van der Waals surface area contributed by atoms with E-state index in [0.717, 1.165) is 50.0 Å². The number of hydrogen-bond donors (Lipinski definition) is 0. The topological polar surface area (TPSA) is 31.0 Å². The second-order valence-corrected chi connectivity index (χ2v) is 9.25. The summed E-state index contributed by atoms with van der Waals surface area (Å²) in [5.74, 6) is 0.833. The first-order valence-electron chi connectivity index (χ1n) is 10.9. The fraction of sp³-hybridized carbons (Fsp3) is 0.138. The van der Waals surface area contributed by atoms with Gasteiger partial charge in [0, 0.05) is 31.2 Å². The number of aromatic nitrogens is 2. The molecule has 0 bridgehead atoms. The van der Waals surface area contributed by atoms with Crippen molar-refractivity contribution in [3.8, 4) is 17.1 Å². The van der Waals surface area contributed by atoms with Gasteiger partial charge < -0.3 is 8.98 Å². The van der Waals surface area contributed by atoms with Gasteiger partial charge in [-0.05, 0) is 41.3 Å². The van der Waals surface area contributed by atoms with Crippen molar-refractivity contribution in [3.63, 3.8) is 0 Å². The molecule has 1 radical (unpaired) electrons. The third-order valence-electron chi connectivity index (χ3n) is 6.11. The van der Waals surface area contributed by atoms with Gasteiger partial charge in [0.05, 0.1) is 22.4 Å². The predicted octanol–water partition coefficient (Wildman–Crippen LogP) is 7.69. The van der Waals surface area contributed by atoms with E-state index in [-0.39, 0.29) is 25.5 Å². The first kappa shape index (κ1) is 21.6. The van der Waals surface area contributed by atoms with Gasteiger partial charge in [-0.1, -0.05) is 74.2 Å². The molecule has 2 heterocycles. The standard InChI is InChI=1S/C29H23N2O.Ir/c1-29(2,3)19-15-17-20(18-16-19)31-25-13-6-5-12-24(25)30-28(31)23-11-8-10-22-21-9-4-7-14-26(21)32-27(22)23;/h4-10,12-18H,1-3H3;/q-1;. The predicted molar refractivity (Wildman–Crippen MR) is 131 cm³/mol. The summed E-state index contributed by atoms with van der Waals surface area (Å²) in [7, 11) is 0. The minimum Gasteiger partial charge on any atom is -0.501 e. The minimum atomic E-state index is 0. The second-order valence-electron chi connectivity index (χ2n) is 9.25. The van der Waals surface area contributed by atoms with Crippen LogP contribution in [0, 0.1) is 6.07 Å². The van der Waals surface area contributed by atoms with Crippen LogP contribution in [0.25, 0.3) is 50.0 Å². The molecule has 3 nitrogen and oxygen atoms in total. The molecular formula is C29H23IrN2O-. The Labute approximate surface area is 206 Å². The van der Waals surface area contributed by atoms with Crippen LogP contribution in [-0.2, 0) is 25.5 Å². The molecule has 6 rings (SSSR count). The number of imidazole rings is 1. The van der Waals surface area contributed by atoms with E-state index in [4.69, 9.17) is 9.40 Å². The Morgan fingerprint density at radius 3 is 2.33 bits per heavy atom. The van der Waals surface area contributed by atoms with Crippen LogP contribution in [0.2, 0.25) is 0 Å². The van der Waals surface area contributed by atoms with Crippen LogP contribution in [0.4, 0.5) is 0 Å². The first-order chi connectivity index (χ1) is 15.5. The number of nitrogens with zero attached hydrogens (tertiary/aromatic N) is 2. The quantitative estimate of drug-likeness (QED) is 0.189. The van der Waals surface area contributed by atoms with E-state index in [9.17, 15) is 0 Å². The number of benzene rings is 4. The van der Waals surface area contributed by atoms with Crippen LogP contribution in [0.5, 0.6) is 0 Å². The van der Waals surface area contributed by atoms with E-state index < -0.39 is 0 Å². The van der Waals surface area contributed by atoms with E-state index in [1.54, 1.807) is 0 Å². The third kappa shape index (κ3) is 3.51. The molecule has 0 amide bonds. The zero-order valence-electron chi connectivity index (χ0n) is 18.7. The van der Waals surface area contributed by atoms with Gasteiger partial charge in [0.25, 0.3) is 0 Å². The molecule has 0 atom stereocenters. The molecule has 0 aliphatic rings. The fourth-order valence-electron chi connectivity index (χ4n) is 4.42. The van der Waals surface area contributed by atoms with Crippen molar-refractivity contribution < 1.29 is 24.5 Å². The Balaban J connectivity index is 0.00000228. The summed E-state index contributed by atoms with van der Waals surface area (Å²) in [4.78, 5) is 5.02. The van der Waals surface area contributed by atoms with Crippen molar-refractivity contribution in [2.45, 2.75) is 26.2 Å². The SMILES string of the molecule is CC(C)(C)c1ccc(-n2c(-c3[c-]ccc4c3oc3ccccc34)nc3ccccc32)cc1.[Ir]. The van der Waals surface area contributed by atoms with Crippen molar-refractivity contribution in [1.82, 2.24) is 9.55 Å². The van der Waals surface area contributed by atoms with E-state index >= 15 is 0 Å². The largest absolute Gasteiger partial charge is 0.501 e. The van der Waals surface area contributed by atoms with Gasteiger partial charge in [-0.25, -0.2) is 0 Å². The van der Waals surface area contributed by atoms with Crippen molar-refractivity contribution >= 4 is 33.0 Å². The Bertz CT molecular complexity index is 1600. The van der Waals surface area contributed by atoms with E-state index in [2.05, 4.69) is 86.0 Å². The summed E-state index contributed by atoms with van der Waals surface area (Å²) in [5, 5.41) is 2.19. The molecule has 0 saturated heterocycles. The van der Waals surface area contributed by atoms with E-state index in [1.165, 1.54) is 5.56 Å². The zero-order chi connectivity index (χ0) is 21.9. The molecule has 0 fully saturated rings. The molecule has 4 aromatic carbocycles. The summed E-state index contributed by atoms with van der Waals surface area (Å²) < 4.78 is 8.51. The normalized spacial score (nSPS) is 11.8. The second kappa shape index (κ2) is 7.98. The molecule has 0 unspecified atom stereocenters. The van der Waals surface area contributed by atoms with Crippen molar-refractivity contribution in [1.29, 1.82) is 0 Å². The number of hydrogen-bond acceptors (Lipinski definition) is 2. The Morgan fingerprint density at radius 1 is 0.818 bits per heavy atom. The van der Waals surface area contributed by atoms with Crippen LogP contribution < -0.4 is 0 Å². The monoisotopic (exact) mass is 608 g/mol. The molecule has 0 aliphatic heterocycles. The summed E-state index contributed by atoms with van der Waals surface area (Å²) in [6.45, 7) is 6.70. The molecule has 0 saturated carbocycles. The average molecular weight is 608 g/mol. The van der Waals surface area contributed by atoms with E-state index in [0.29, 0.717) is 0 Å². The number of para-hydroxylation sites is 3. The number of rotatable bonds is 2. The molecule has 6 aromatic rings. The van der Waals surface area contributed by atoms with Gasteiger partial charge in [-0.2, -0.15) is 0 Å². The summed E-state index contributed by atoms with van der Waals surface area (Å²) >= 11 is 0. The third-order valence-corrected chi connectivity index (χ3v) is 6.11. The Morgan fingerprint density at radius 2 is 1.55 bits per heavy atom. The molecule has 165 valence electrons. The van der Waals surface area contributed by atoms with Gasteiger partial charge in [0.15, 0.2) is 0 Å². The molecule has 33 heavy (non-hydrogen) atoms. The van der Waals surface area contributed by atoms with Crippen molar-refractivity contribution in [2.75, 3.05) is 0 Å². The first-order valence-corrected chi connectivity index (χ1v) is 10.9. The van der Waals surface area contributed by atoms with Crippen LogP contribution >= 0.6 is 0 Å². The molecule has 0 spiro atoms. The van der Waals surface area contributed by atoms with Crippen LogP contribution in [-0.4, -0.2) is 9.55 Å². The molecule has 0 N–H and O–H groups in total. The van der Waals surface area contributed by atoms with Crippen LogP contribution in [0.1, 0.15) is 26.3 Å². The van der Waals surface area contributed by atoms with E-state index in [1.807, 2.05) is 30.3 Å². The van der Waals surface area contributed by atoms with Gasteiger partial charge in [-0.15, -0.1) is 18.2 Å². The average Bonchev–Trinajstić information content (AvgIpc) is 3.37. The molecule has 0 aliphatic carbocycles. The molecule has 4 heteroatoms. The number of furan rings is 1. The van der Waals surface area contributed by atoms with Crippen molar-refractivity contribution in [2.24, 2.45) is 0 Å². The Kier molecular flexibility index (Phi) is 5.23. The van der Waals surface area contributed by atoms with Gasteiger partial charge in [-0.3, -0.25) is 4.98 Å². The maximum Gasteiger partial charge on any atom is 0.120 e. The maximum absolute atomic E-state index is 6.30. The zero-order valence-corrected chi connectivity index (χ0v) is 21.1. The summed E-state index contributed by atoms with van der Waals surface area (Å²) in [5.41, 5.74) is 7.05. The minimum absolute atomic E-state index is 0. The molecule has 2 aromatic heterocycles. The summed E-state index contributed by atoms with van der Waals surface area (Å²) in [6, 6.07) is 32.6. The molecular weight excluding hydrogens is 585 g/mol. The van der Waals surface area contributed by atoms with Gasteiger partial charge >= 0.3 is 0 Å². The summed E-state index contributed by atoms with van der Waals surface area (Å²) in [6.07, 6.45) is 0. The van der Waals surface area contributed by atoms with Gasteiger partial charge in [0.2, 0.25) is 0 Å². The fourth-order valence-corrected chi connectivity index (χ4v) is 4.42. The van der Waals surface area contributed by atoms with Gasteiger partial charge in [0.1, 0.15) is 5.58 Å². The van der Waals surface area contributed by atoms with Crippen LogP contribution in [0.3, 0.4) is 0 Å². The maximum atomic E-state index is 6.30. The van der Waals surface area contributed by atoms with Crippen LogP contribution in [0.15, 0.2) is 89.3 Å². The van der Waals surface area contributed by atoms with Crippen molar-refractivity contribution in [3.05, 3.63) is 96.6 Å². The Hall–Kier alpha value is -3.20. The number of fused-ring (bicyclic) bond motifs is 4. The smallest absolute Gasteiger partial charge is 0.120 e.